The van der Waals surface area contributed by atoms with Crippen molar-refractivity contribution < 1.29 is 33.1 Å². The molecule has 5 heterocycles. The number of aromatic nitrogens is 2. The van der Waals surface area contributed by atoms with E-state index in [0.717, 1.165) is 63.5 Å². The van der Waals surface area contributed by atoms with Crippen molar-refractivity contribution in [2.24, 2.45) is 17.3 Å². The van der Waals surface area contributed by atoms with Crippen molar-refractivity contribution in [1.82, 2.24) is 45.9 Å². The molecule has 0 aliphatic carbocycles. The molecular weight excluding hydrogens is 935 g/mol. The molecule has 73 heavy (non-hydrogen) atoms. The summed E-state index contributed by atoms with van der Waals surface area (Å²) in [5.74, 6) is -0.748. The van der Waals surface area contributed by atoms with Crippen LogP contribution in [0.4, 0.5) is 26.1 Å². The Balaban J connectivity index is 0.763. The third kappa shape index (κ3) is 16.2. The van der Waals surface area contributed by atoms with Crippen molar-refractivity contribution >= 4 is 41.0 Å². The smallest absolute Gasteiger partial charge is 0.249 e. The number of nitrogens with zero attached hydrogens (tertiary/aromatic N) is 7. The van der Waals surface area contributed by atoms with Crippen molar-refractivity contribution in [1.29, 1.82) is 0 Å². The number of hydrogen-bond donors (Lipinski definition) is 6. The monoisotopic (exact) mass is 1010 g/mol. The second kappa shape index (κ2) is 25.6. The van der Waals surface area contributed by atoms with Crippen LogP contribution in [0, 0.1) is 28.9 Å². The fraction of sp³-hybridized carbons (Fsp3) is 0.630. The lowest BCUT2D eigenvalue weighted by molar-refractivity contribution is -0.136. The normalized spacial score (nSPS) is 19.8. The largest absolute Gasteiger partial charge is 0.383 e. The van der Waals surface area contributed by atoms with Gasteiger partial charge in [0.05, 0.1) is 24.3 Å². The quantitative estimate of drug-likeness (QED) is 0.0800. The number of amides is 4. The topological polar surface area (TPSA) is 191 Å². The number of benzene rings is 2. The average Bonchev–Trinajstić information content (AvgIpc) is 3.35. The number of nitrogens with one attached hydrogen (secondary N) is 5. The zero-order valence-corrected chi connectivity index (χ0v) is 43.7. The number of carbonyl (C=O) groups excluding carboxylic acids is 4. The second-order valence-corrected chi connectivity index (χ2v) is 22.1. The van der Waals surface area contributed by atoms with Crippen LogP contribution in [0.25, 0.3) is 0 Å². The highest BCUT2D eigenvalue weighted by molar-refractivity contribution is 5.89. The van der Waals surface area contributed by atoms with Gasteiger partial charge >= 0.3 is 0 Å². The molecule has 4 aliphatic rings. The minimum Gasteiger partial charge on any atom is -0.383 e. The van der Waals surface area contributed by atoms with E-state index in [1.54, 1.807) is 4.90 Å². The van der Waals surface area contributed by atoms with Gasteiger partial charge in [0.15, 0.2) is 0 Å². The van der Waals surface area contributed by atoms with Crippen molar-refractivity contribution in [3.63, 3.8) is 0 Å². The van der Waals surface area contributed by atoms with Crippen LogP contribution in [-0.4, -0.2) is 169 Å². The van der Waals surface area contributed by atoms with E-state index in [9.17, 15) is 24.3 Å². The van der Waals surface area contributed by atoms with E-state index in [-0.39, 0.29) is 47.2 Å². The van der Waals surface area contributed by atoms with Crippen molar-refractivity contribution in [2.75, 3.05) is 113 Å². The van der Waals surface area contributed by atoms with E-state index in [2.05, 4.69) is 70.0 Å². The van der Waals surface area contributed by atoms with Gasteiger partial charge < -0.3 is 41.5 Å². The van der Waals surface area contributed by atoms with Crippen LogP contribution < -0.4 is 36.4 Å². The molecule has 4 saturated heterocycles. The first kappa shape index (κ1) is 55.3. The predicted molar refractivity (Wildman–Crippen MR) is 280 cm³/mol. The average molecular weight is 1020 g/mol. The van der Waals surface area contributed by atoms with Gasteiger partial charge in [-0.1, -0.05) is 65.0 Å². The molecule has 1 spiro atoms. The van der Waals surface area contributed by atoms with E-state index in [4.69, 9.17) is 0 Å². The minimum atomic E-state index is -1.24. The number of anilines is 3. The number of piperazine rings is 2. The van der Waals surface area contributed by atoms with Gasteiger partial charge in [-0.25, -0.2) is 18.7 Å². The number of aliphatic hydroxyl groups is 1. The number of carbonyl (C=O) groups is 4. The van der Waals surface area contributed by atoms with Crippen LogP contribution in [0.5, 0.6) is 0 Å². The van der Waals surface area contributed by atoms with Gasteiger partial charge in [-0.2, -0.15) is 0 Å². The summed E-state index contributed by atoms with van der Waals surface area (Å²) in [6, 6.07) is 13.4. The maximum absolute atomic E-state index is 15.7. The lowest BCUT2D eigenvalue weighted by Gasteiger charge is -2.48. The first-order valence-corrected chi connectivity index (χ1v) is 26.5. The predicted octanol–water partition coefficient (Wildman–Crippen LogP) is 3.77. The molecule has 0 saturated carbocycles. The highest BCUT2D eigenvalue weighted by atomic mass is 19.1. The molecule has 7 rings (SSSR count). The number of piperidine rings is 2. The fourth-order valence-corrected chi connectivity index (χ4v) is 10.4. The molecule has 6 N–H and O–H groups in total. The Bertz CT molecular complexity index is 2300. The Morgan fingerprint density at radius 3 is 2.22 bits per heavy atom. The lowest BCUT2D eigenvalue weighted by atomic mass is 9.82. The summed E-state index contributed by atoms with van der Waals surface area (Å²) in [4.78, 5) is 71.5. The molecule has 4 aliphatic heterocycles. The van der Waals surface area contributed by atoms with Crippen molar-refractivity contribution in [3.05, 3.63) is 77.6 Å². The van der Waals surface area contributed by atoms with Crippen LogP contribution >= 0.6 is 0 Å². The summed E-state index contributed by atoms with van der Waals surface area (Å²) >= 11 is 0. The van der Waals surface area contributed by atoms with Crippen LogP contribution in [0.3, 0.4) is 0 Å². The van der Waals surface area contributed by atoms with Crippen LogP contribution in [0.2, 0.25) is 0 Å². The summed E-state index contributed by atoms with van der Waals surface area (Å²) in [5.41, 5.74) is 1.18. The maximum Gasteiger partial charge on any atom is 0.249 e. The Morgan fingerprint density at radius 1 is 0.795 bits per heavy atom. The van der Waals surface area contributed by atoms with Gasteiger partial charge in [0.25, 0.3) is 0 Å². The van der Waals surface area contributed by atoms with Crippen molar-refractivity contribution in [2.45, 2.75) is 104 Å². The standard InChI is InChI=1S/C54H80F2N12O5/c1-38(2)28-44(62-52(73)50(71)39(3)29-40-10-7-6-8-11-40)51(72)59-18-23-64-24-26-66(27-25-64)34-48(69)58-17-9-16-57-46-32-47(61-37-60-46)67-21-14-54(15-22-67)36-68(35-49(70)63-54)45-31-42(55)41(30-43(45)56)33-65-19-12-53(4,5)13-20-65/h6-8,10-11,30-32,37-39,44,50,71H,9,12-29,33-36H2,1-5H3,(H,58,69)(H,59,72)(H,62,73)(H,63,70)(H,57,60,61)/t39-,44+,50+/m1/s1. The molecule has 3 atom stereocenters. The number of aliphatic hydroxyl groups excluding tert-OH is 1. The Hall–Kier alpha value is -5.50. The highest BCUT2D eigenvalue weighted by Gasteiger charge is 2.42. The second-order valence-electron chi connectivity index (χ2n) is 22.1. The SMILES string of the molecule is CC(C)C[C@H](NC(=O)[C@@H](O)[C@H](C)Cc1ccccc1)C(=O)NCCN1CCN(CC(=O)NCCCNc2cc(N3CCC4(CC3)CN(c3cc(F)c(CN5CCC(C)(C)CC5)cc3F)CC(=O)N4)ncn2)CC1. The number of hydrogen-bond acceptors (Lipinski definition) is 13. The Labute approximate surface area is 430 Å². The van der Waals surface area contributed by atoms with E-state index >= 15 is 8.78 Å². The maximum atomic E-state index is 15.7. The van der Waals surface area contributed by atoms with E-state index in [0.29, 0.717) is 102 Å². The summed E-state index contributed by atoms with van der Waals surface area (Å²) in [6.07, 6.45) is 5.22. The molecule has 1 aromatic heterocycles. The first-order chi connectivity index (χ1) is 34.9. The first-order valence-electron chi connectivity index (χ1n) is 26.5. The molecule has 0 bridgehead atoms. The molecule has 0 unspecified atom stereocenters. The Kier molecular flexibility index (Phi) is 19.4. The van der Waals surface area contributed by atoms with Crippen LogP contribution in [0.15, 0.2) is 54.9 Å². The molecule has 0 radical (unpaired) electrons. The molecule has 4 fully saturated rings. The number of rotatable bonds is 22. The van der Waals surface area contributed by atoms with Crippen molar-refractivity contribution in [3.8, 4) is 0 Å². The lowest BCUT2D eigenvalue weighted by Crippen LogP contribution is -2.66. The zero-order chi connectivity index (χ0) is 52.1. The fourth-order valence-electron chi connectivity index (χ4n) is 10.4. The summed E-state index contributed by atoms with van der Waals surface area (Å²) in [5, 5.41) is 26.1. The third-order valence-electron chi connectivity index (χ3n) is 15.1. The van der Waals surface area contributed by atoms with Gasteiger partial charge in [0.2, 0.25) is 23.6 Å². The van der Waals surface area contributed by atoms with E-state index < -0.39 is 35.2 Å². The van der Waals surface area contributed by atoms with Crippen LogP contribution in [-0.2, 0) is 32.1 Å². The van der Waals surface area contributed by atoms with E-state index in [1.165, 1.54) is 18.5 Å². The van der Waals surface area contributed by atoms with Crippen LogP contribution in [0.1, 0.15) is 84.3 Å². The van der Waals surface area contributed by atoms with Gasteiger partial charge in [0.1, 0.15) is 41.7 Å². The molecule has 400 valence electrons. The van der Waals surface area contributed by atoms with E-state index in [1.807, 2.05) is 57.2 Å². The van der Waals surface area contributed by atoms with Gasteiger partial charge in [0, 0.05) is 96.2 Å². The van der Waals surface area contributed by atoms with Gasteiger partial charge in [-0.15, -0.1) is 0 Å². The van der Waals surface area contributed by atoms with Gasteiger partial charge in [-0.3, -0.25) is 33.9 Å². The summed E-state index contributed by atoms with van der Waals surface area (Å²) in [6.45, 7) is 19.4. The summed E-state index contributed by atoms with van der Waals surface area (Å²) in [7, 11) is 0. The molecule has 4 amide bonds. The molecule has 19 heteroatoms. The third-order valence-corrected chi connectivity index (χ3v) is 15.1. The minimum absolute atomic E-state index is 0.0361. The number of likely N-dealkylation sites (tertiary alicyclic amines) is 1. The molecular formula is C54H80F2N12O5. The Morgan fingerprint density at radius 2 is 1.51 bits per heavy atom. The molecule has 17 nitrogen and oxygen atoms in total. The zero-order valence-electron chi connectivity index (χ0n) is 43.7. The number of halogens is 2. The summed E-state index contributed by atoms with van der Waals surface area (Å²) < 4.78 is 31.2. The highest BCUT2D eigenvalue weighted by Crippen LogP contribution is 2.34. The molecule has 3 aromatic rings. The molecule has 2 aromatic carbocycles. The van der Waals surface area contributed by atoms with Gasteiger partial charge in [-0.05, 0) is 86.9 Å².